The van der Waals surface area contributed by atoms with Crippen LogP contribution in [-0.2, 0) is 6.54 Å². The maximum atomic E-state index is 9.97. The highest BCUT2D eigenvalue weighted by Gasteiger charge is 2.27. The zero-order valence-electron chi connectivity index (χ0n) is 14.4. The quantitative estimate of drug-likeness (QED) is 0.736. The number of hydrogen-bond acceptors (Lipinski definition) is 6. The van der Waals surface area contributed by atoms with Crippen LogP contribution in [0.3, 0.4) is 0 Å². The molecule has 2 heterocycles. The van der Waals surface area contributed by atoms with Gasteiger partial charge in [0, 0.05) is 19.1 Å². The molecule has 0 radical (unpaired) electrons. The van der Waals surface area contributed by atoms with Gasteiger partial charge in [-0.2, -0.15) is 0 Å². The van der Waals surface area contributed by atoms with Gasteiger partial charge in [-0.1, -0.05) is 59.7 Å². The Bertz CT molecular complexity index is 838. The van der Waals surface area contributed by atoms with Gasteiger partial charge in [-0.25, -0.2) is 4.68 Å². The predicted octanol–water partition coefficient (Wildman–Crippen LogP) is 1.29. The minimum Gasteiger partial charge on any atom is -0.391 e. The van der Waals surface area contributed by atoms with Crippen LogP contribution >= 0.6 is 0 Å². The number of aliphatic hydroxyl groups excluding tert-OH is 1. The van der Waals surface area contributed by atoms with Gasteiger partial charge in [-0.05, 0) is 33.5 Å². The monoisotopic (exact) mass is 350 g/mol. The number of hydrogen-bond donors (Lipinski definition) is 2. The largest absolute Gasteiger partial charge is 0.391 e. The van der Waals surface area contributed by atoms with Gasteiger partial charge >= 0.3 is 0 Å². The lowest BCUT2D eigenvalue weighted by Crippen LogP contribution is -2.50. The molecule has 1 aliphatic heterocycles. The fraction of sp³-hybridized carbons (Fsp3) is 0.316. The summed E-state index contributed by atoms with van der Waals surface area (Å²) in [6.07, 6.45) is 0.160. The van der Waals surface area contributed by atoms with E-state index in [2.05, 4.69) is 51.9 Å². The number of nitrogens with two attached hydrogens (primary N) is 1. The summed E-state index contributed by atoms with van der Waals surface area (Å²) in [6, 6.07) is 18.6. The Kier molecular flexibility index (Phi) is 4.64. The van der Waals surface area contributed by atoms with Crippen molar-refractivity contribution in [2.24, 2.45) is 5.73 Å². The minimum atomic E-state index is -0.450. The summed E-state index contributed by atoms with van der Waals surface area (Å²) < 4.78 is 1.75. The SMILES string of the molecule is N[C@H]1C[C@@H](O)CN(c2nnnn2Cc2ccc(-c3ccccc3)cc2)C1. The van der Waals surface area contributed by atoms with Crippen LogP contribution in [0.2, 0.25) is 0 Å². The number of rotatable bonds is 4. The van der Waals surface area contributed by atoms with Gasteiger partial charge in [-0.15, -0.1) is 0 Å². The molecule has 26 heavy (non-hydrogen) atoms. The molecule has 7 heteroatoms. The molecule has 4 rings (SSSR count). The second kappa shape index (κ2) is 7.23. The van der Waals surface area contributed by atoms with E-state index in [9.17, 15) is 5.11 Å². The van der Waals surface area contributed by atoms with E-state index in [1.807, 2.05) is 23.1 Å². The zero-order valence-corrected chi connectivity index (χ0v) is 14.4. The summed E-state index contributed by atoms with van der Waals surface area (Å²) in [6.45, 7) is 1.71. The Morgan fingerprint density at radius 3 is 2.46 bits per heavy atom. The number of piperidine rings is 1. The van der Waals surface area contributed by atoms with Crippen LogP contribution in [0.1, 0.15) is 12.0 Å². The summed E-state index contributed by atoms with van der Waals surface area (Å²) in [4.78, 5) is 1.96. The molecule has 134 valence electrons. The minimum absolute atomic E-state index is 0.0749. The van der Waals surface area contributed by atoms with Crippen LogP contribution in [0.15, 0.2) is 54.6 Å². The molecule has 3 N–H and O–H groups in total. The highest BCUT2D eigenvalue weighted by molar-refractivity contribution is 5.63. The third-order valence-corrected chi connectivity index (χ3v) is 4.65. The zero-order chi connectivity index (χ0) is 17.9. The summed E-state index contributed by atoms with van der Waals surface area (Å²) in [5.74, 6) is 0.645. The van der Waals surface area contributed by atoms with Crippen molar-refractivity contribution in [2.75, 3.05) is 18.0 Å². The van der Waals surface area contributed by atoms with E-state index in [0.29, 0.717) is 32.0 Å². The first-order valence-electron chi connectivity index (χ1n) is 8.78. The van der Waals surface area contributed by atoms with E-state index in [-0.39, 0.29) is 6.04 Å². The highest BCUT2D eigenvalue weighted by atomic mass is 16.3. The number of aliphatic hydroxyl groups is 1. The average molecular weight is 350 g/mol. The summed E-state index contributed by atoms with van der Waals surface area (Å²) in [5, 5.41) is 22.0. The molecule has 0 saturated carbocycles. The second-order valence-electron chi connectivity index (χ2n) is 6.75. The van der Waals surface area contributed by atoms with Crippen LogP contribution < -0.4 is 10.6 Å². The molecule has 1 fully saturated rings. The van der Waals surface area contributed by atoms with E-state index in [1.54, 1.807) is 4.68 Å². The van der Waals surface area contributed by atoms with Gasteiger partial charge in [0.05, 0.1) is 12.6 Å². The van der Waals surface area contributed by atoms with Crippen molar-refractivity contribution < 1.29 is 5.11 Å². The third kappa shape index (κ3) is 3.58. The Morgan fingerprint density at radius 1 is 1.00 bits per heavy atom. The predicted molar refractivity (Wildman–Crippen MR) is 99.6 cm³/mol. The van der Waals surface area contributed by atoms with Crippen molar-refractivity contribution in [3.63, 3.8) is 0 Å². The van der Waals surface area contributed by atoms with Crippen molar-refractivity contribution in [3.8, 4) is 11.1 Å². The normalized spacial score (nSPS) is 20.3. The van der Waals surface area contributed by atoms with Crippen molar-refractivity contribution in [1.29, 1.82) is 0 Å². The lowest BCUT2D eigenvalue weighted by atomic mass is 10.0. The van der Waals surface area contributed by atoms with Gasteiger partial charge in [0.1, 0.15) is 0 Å². The van der Waals surface area contributed by atoms with Crippen molar-refractivity contribution in [2.45, 2.75) is 25.1 Å². The summed E-state index contributed by atoms with van der Waals surface area (Å²) in [5.41, 5.74) is 9.50. The van der Waals surface area contributed by atoms with E-state index >= 15 is 0 Å². The van der Waals surface area contributed by atoms with E-state index in [1.165, 1.54) is 11.1 Å². The van der Waals surface area contributed by atoms with Crippen LogP contribution in [0.5, 0.6) is 0 Å². The summed E-state index contributed by atoms with van der Waals surface area (Å²) >= 11 is 0. The van der Waals surface area contributed by atoms with Gasteiger partial charge in [-0.3, -0.25) is 0 Å². The Morgan fingerprint density at radius 2 is 1.73 bits per heavy atom. The Balaban J connectivity index is 1.51. The fourth-order valence-corrected chi connectivity index (χ4v) is 3.41. The first kappa shape index (κ1) is 16.7. The molecular weight excluding hydrogens is 328 g/mol. The van der Waals surface area contributed by atoms with E-state index < -0.39 is 6.10 Å². The van der Waals surface area contributed by atoms with Crippen molar-refractivity contribution in [1.82, 2.24) is 20.2 Å². The molecule has 7 nitrogen and oxygen atoms in total. The number of β-amino-alcohol motifs (C(OH)–C–C–N with tert-alkyl or cyclic N) is 1. The van der Waals surface area contributed by atoms with E-state index in [0.717, 1.165) is 5.56 Å². The van der Waals surface area contributed by atoms with E-state index in [4.69, 9.17) is 5.73 Å². The lowest BCUT2D eigenvalue weighted by Gasteiger charge is -2.33. The second-order valence-corrected chi connectivity index (χ2v) is 6.75. The molecular formula is C19H22N6O. The highest BCUT2D eigenvalue weighted by Crippen LogP contribution is 2.21. The lowest BCUT2D eigenvalue weighted by molar-refractivity contribution is 0.144. The molecule has 1 aromatic heterocycles. The Hall–Kier alpha value is -2.77. The molecule has 3 aromatic rings. The van der Waals surface area contributed by atoms with Crippen molar-refractivity contribution >= 4 is 5.95 Å². The van der Waals surface area contributed by atoms with Crippen LogP contribution in [0.4, 0.5) is 5.95 Å². The van der Waals surface area contributed by atoms with Gasteiger partial charge < -0.3 is 15.7 Å². The molecule has 1 aliphatic rings. The maximum Gasteiger partial charge on any atom is 0.245 e. The number of tetrazole rings is 1. The summed E-state index contributed by atoms with van der Waals surface area (Å²) in [7, 11) is 0. The van der Waals surface area contributed by atoms with Gasteiger partial charge in [0.25, 0.3) is 0 Å². The third-order valence-electron chi connectivity index (χ3n) is 4.65. The first-order chi connectivity index (χ1) is 12.7. The average Bonchev–Trinajstić information content (AvgIpc) is 3.10. The molecule has 0 spiro atoms. The molecule has 0 amide bonds. The number of aromatic nitrogens is 4. The van der Waals surface area contributed by atoms with Crippen LogP contribution in [0.25, 0.3) is 11.1 Å². The fourth-order valence-electron chi connectivity index (χ4n) is 3.41. The number of nitrogens with zero attached hydrogens (tertiary/aromatic N) is 5. The number of benzene rings is 2. The van der Waals surface area contributed by atoms with Gasteiger partial charge in [0.15, 0.2) is 0 Å². The molecule has 2 atom stereocenters. The molecule has 1 saturated heterocycles. The molecule has 0 unspecified atom stereocenters. The maximum absolute atomic E-state index is 9.97. The standard InChI is InChI=1S/C19H22N6O/c20-17-10-18(26)13-24(12-17)19-21-22-23-25(19)11-14-6-8-16(9-7-14)15-4-2-1-3-5-15/h1-9,17-18,26H,10-13,20H2/t17-,18+/m0/s1. The smallest absolute Gasteiger partial charge is 0.245 e. The topological polar surface area (TPSA) is 93.1 Å². The molecule has 0 bridgehead atoms. The first-order valence-corrected chi connectivity index (χ1v) is 8.78. The molecule has 2 aromatic carbocycles. The van der Waals surface area contributed by atoms with Gasteiger partial charge in [0.2, 0.25) is 5.95 Å². The van der Waals surface area contributed by atoms with Crippen molar-refractivity contribution in [3.05, 3.63) is 60.2 Å². The van der Waals surface area contributed by atoms with Crippen LogP contribution in [0, 0.1) is 0 Å². The van der Waals surface area contributed by atoms with Crippen LogP contribution in [-0.4, -0.2) is 50.5 Å². The molecule has 0 aliphatic carbocycles. The Labute approximate surface area is 152 Å². The number of anilines is 1.